The number of thiol groups is 1. The lowest BCUT2D eigenvalue weighted by Gasteiger charge is -1.99. The number of hydrogen-bond acceptors (Lipinski definition) is 4. The minimum Gasteiger partial charge on any atom is -0.432 e. The molecule has 72 valence electrons. The van der Waals surface area contributed by atoms with Gasteiger partial charge in [0.2, 0.25) is 0 Å². The minimum atomic E-state index is 0.309. The molecular formula is C7H12N4OS. The standard InChI is InChI=1S/C7H12N4OS/c8-6(9-2-1-5-13)11-7-10-3-4-12-7/h3-4,13H,1-2,5H2,(H3,8,9,10,11). The minimum absolute atomic E-state index is 0.309. The molecular weight excluding hydrogens is 188 g/mol. The Morgan fingerprint density at radius 1 is 1.77 bits per heavy atom. The predicted molar refractivity (Wildman–Crippen MR) is 55.1 cm³/mol. The van der Waals surface area contributed by atoms with Crippen molar-refractivity contribution in [2.45, 2.75) is 6.42 Å². The van der Waals surface area contributed by atoms with Gasteiger partial charge in [-0.25, -0.2) is 4.98 Å². The Morgan fingerprint density at radius 2 is 2.62 bits per heavy atom. The van der Waals surface area contributed by atoms with Crippen LogP contribution in [0.2, 0.25) is 0 Å². The second-order valence-electron chi connectivity index (χ2n) is 2.31. The molecule has 1 rings (SSSR count). The molecule has 0 aliphatic carbocycles. The average molecular weight is 200 g/mol. The van der Waals surface area contributed by atoms with Gasteiger partial charge in [-0.15, -0.1) is 0 Å². The van der Waals surface area contributed by atoms with Crippen molar-refractivity contribution in [1.82, 2.24) is 4.98 Å². The Morgan fingerprint density at radius 3 is 3.23 bits per heavy atom. The first-order valence-corrected chi connectivity index (χ1v) is 4.53. The van der Waals surface area contributed by atoms with Crippen molar-refractivity contribution in [3.63, 3.8) is 0 Å². The average Bonchev–Trinajstić information content (AvgIpc) is 2.57. The monoisotopic (exact) mass is 200 g/mol. The van der Waals surface area contributed by atoms with Gasteiger partial charge in [-0.2, -0.15) is 12.6 Å². The fourth-order valence-corrected chi connectivity index (χ4v) is 0.846. The molecule has 0 aromatic carbocycles. The van der Waals surface area contributed by atoms with Gasteiger partial charge in [0.1, 0.15) is 6.26 Å². The van der Waals surface area contributed by atoms with E-state index in [0.717, 1.165) is 12.2 Å². The third-order valence-corrected chi connectivity index (χ3v) is 1.58. The molecule has 6 heteroatoms. The molecule has 0 aliphatic rings. The summed E-state index contributed by atoms with van der Waals surface area (Å²) in [6.07, 6.45) is 3.89. The molecule has 0 fully saturated rings. The number of rotatable bonds is 4. The Bertz CT molecular complexity index is 259. The molecule has 1 aromatic heterocycles. The van der Waals surface area contributed by atoms with Crippen LogP contribution in [0.15, 0.2) is 21.9 Å². The van der Waals surface area contributed by atoms with Crippen LogP contribution >= 0.6 is 12.6 Å². The van der Waals surface area contributed by atoms with Crippen molar-refractivity contribution in [3.05, 3.63) is 12.5 Å². The molecule has 1 heterocycles. The van der Waals surface area contributed by atoms with Crippen molar-refractivity contribution < 1.29 is 4.42 Å². The highest BCUT2D eigenvalue weighted by Crippen LogP contribution is 1.99. The fourth-order valence-electron chi connectivity index (χ4n) is 0.704. The van der Waals surface area contributed by atoms with Gasteiger partial charge in [-0.3, -0.25) is 10.3 Å². The molecule has 0 radical (unpaired) electrons. The van der Waals surface area contributed by atoms with Crippen molar-refractivity contribution >= 4 is 24.6 Å². The molecule has 5 nitrogen and oxygen atoms in total. The maximum atomic E-state index is 5.52. The Hall–Kier alpha value is -1.17. The largest absolute Gasteiger partial charge is 0.432 e. The summed E-state index contributed by atoms with van der Waals surface area (Å²) in [4.78, 5) is 7.85. The van der Waals surface area contributed by atoms with Gasteiger partial charge < -0.3 is 10.2 Å². The Balaban J connectivity index is 2.32. The van der Waals surface area contributed by atoms with Crippen LogP contribution in [0.5, 0.6) is 0 Å². The topological polar surface area (TPSA) is 76.4 Å². The van der Waals surface area contributed by atoms with Crippen LogP contribution in [0.1, 0.15) is 6.42 Å². The number of aliphatic imine (C=N–C) groups is 1. The van der Waals surface area contributed by atoms with E-state index in [1.54, 1.807) is 0 Å². The molecule has 3 N–H and O–H groups in total. The maximum Gasteiger partial charge on any atom is 0.301 e. The predicted octanol–water partition coefficient (Wildman–Crippen LogP) is 0.721. The Kier molecular flexibility index (Phi) is 4.17. The highest BCUT2D eigenvalue weighted by molar-refractivity contribution is 7.80. The number of nitrogens with two attached hydrogens (primary N) is 1. The zero-order chi connectivity index (χ0) is 9.52. The molecule has 0 atom stereocenters. The van der Waals surface area contributed by atoms with Crippen molar-refractivity contribution in [1.29, 1.82) is 0 Å². The van der Waals surface area contributed by atoms with Gasteiger partial charge in [0.15, 0.2) is 5.96 Å². The molecule has 0 bridgehead atoms. The van der Waals surface area contributed by atoms with E-state index in [1.165, 1.54) is 12.5 Å². The van der Waals surface area contributed by atoms with Crippen molar-refractivity contribution in [3.8, 4) is 0 Å². The second-order valence-corrected chi connectivity index (χ2v) is 2.75. The van der Waals surface area contributed by atoms with E-state index >= 15 is 0 Å². The number of aromatic nitrogens is 1. The lowest BCUT2D eigenvalue weighted by molar-refractivity contribution is 0.578. The molecule has 0 aliphatic heterocycles. The molecule has 0 unspecified atom stereocenters. The summed E-state index contributed by atoms with van der Waals surface area (Å²) in [5, 5.41) is 2.71. The number of hydrogen-bond donors (Lipinski definition) is 3. The highest BCUT2D eigenvalue weighted by atomic mass is 32.1. The number of oxazole rings is 1. The van der Waals surface area contributed by atoms with Crippen LogP contribution < -0.4 is 11.1 Å². The van der Waals surface area contributed by atoms with Crippen LogP contribution in [0.3, 0.4) is 0 Å². The highest BCUT2D eigenvalue weighted by Gasteiger charge is 1.96. The van der Waals surface area contributed by atoms with Gasteiger partial charge in [0.25, 0.3) is 0 Å². The Labute approximate surface area is 81.8 Å². The summed E-state index contributed by atoms with van der Waals surface area (Å²) in [6.45, 7) is 0.656. The molecule has 0 amide bonds. The normalized spacial score (nSPS) is 11.6. The lowest BCUT2D eigenvalue weighted by atomic mass is 10.5. The van der Waals surface area contributed by atoms with Crippen LogP contribution in [0.4, 0.5) is 6.01 Å². The first-order valence-electron chi connectivity index (χ1n) is 3.90. The van der Waals surface area contributed by atoms with E-state index < -0.39 is 0 Å². The third-order valence-electron chi connectivity index (χ3n) is 1.27. The van der Waals surface area contributed by atoms with E-state index in [0.29, 0.717) is 18.5 Å². The lowest BCUT2D eigenvalue weighted by Crippen LogP contribution is -2.23. The zero-order valence-electron chi connectivity index (χ0n) is 7.10. The SMILES string of the molecule is NC(=NCCCS)Nc1ncco1. The molecule has 0 saturated carbocycles. The summed E-state index contributed by atoms with van der Waals surface area (Å²) in [5.74, 6) is 1.11. The van der Waals surface area contributed by atoms with Crippen LogP contribution in [-0.4, -0.2) is 23.2 Å². The maximum absolute atomic E-state index is 5.52. The van der Waals surface area contributed by atoms with Crippen LogP contribution in [0.25, 0.3) is 0 Å². The summed E-state index contributed by atoms with van der Waals surface area (Å²) in [6, 6.07) is 0.354. The second kappa shape index (κ2) is 5.47. The number of nitrogens with zero attached hydrogens (tertiary/aromatic N) is 2. The van der Waals surface area contributed by atoms with Gasteiger partial charge in [0.05, 0.1) is 6.20 Å². The van der Waals surface area contributed by atoms with Crippen molar-refractivity contribution in [2.75, 3.05) is 17.6 Å². The van der Waals surface area contributed by atoms with E-state index in [1.807, 2.05) is 0 Å². The molecule has 0 spiro atoms. The fraction of sp³-hybridized carbons (Fsp3) is 0.429. The van der Waals surface area contributed by atoms with E-state index in [9.17, 15) is 0 Å². The van der Waals surface area contributed by atoms with Crippen LogP contribution in [-0.2, 0) is 0 Å². The first-order chi connectivity index (χ1) is 6.33. The van der Waals surface area contributed by atoms with E-state index in [-0.39, 0.29) is 0 Å². The number of guanidine groups is 1. The summed E-state index contributed by atoms with van der Waals surface area (Å²) >= 11 is 4.05. The van der Waals surface area contributed by atoms with Crippen molar-refractivity contribution in [2.24, 2.45) is 10.7 Å². The van der Waals surface area contributed by atoms with E-state index in [4.69, 9.17) is 10.2 Å². The van der Waals surface area contributed by atoms with Gasteiger partial charge in [-0.05, 0) is 12.2 Å². The molecule has 13 heavy (non-hydrogen) atoms. The van der Waals surface area contributed by atoms with Gasteiger partial charge in [0, 0.05) is 6.54 Å². The van der Waals surface area contributed by atoms with Gasteiger partial charge in [-0.1, -0.05) is 0 Å². The van der Waals surface area contributed by atoms with Gasteiger partial charge >= 0.3 is 6.01 Å². The zero-order valence-corrected chi connectivity index (χ0v) is 8.00. The number of nitrogens with one attached hydrogen (secondary N) is 1. The summed E-state index contributed by atoms with van der Waals surface area (Å²) in [5.41, 5.74) is 5.52. The summed E-state index contributed by atoms with van der Waals surface area (Å²) < 4.78 is 4.91. The molecule has 0 saturated heterocycles. The van der Waals surface area contributed by atoms with Crippen LogP contribution in [0, 0.1) is 0 Å². The van der Waals surface area contributed by atoms with E-state index in [2.05, 4.69) is 27.9 Å². The summed E-state index contributed by atoms with van der Waals surface area (Å²) in [7, 11) is 0. The quantitative estimate of drug-likeness (QED) is 0.290. The first kappa shape index (κ1) is 9.91. The molecule has 1 aromatic rings. The smallest absolute Gasteiger partial charge is 0.301 e. The third kappa shape index (κ3) is 3.84. The number of anilines is 1.